The van der Waals surface area contributed by atoms with Crippen molar-refractivity contribution in [3.8, 4) is 0 Å². The van der Waals surface area contributed by atoms with Gasteiger partial charge >= 0.3 is 0 Å². The Hall–Kier alpha value is 0.400. The standard InChI is InChI=1S/C11H22BrNO/c1-11(2,14-3)6-9-13-7-4-10(12)5-8-13/h10H,4-9H2,1-3H3. The van der Waals surface area contributed by atoms with Gasteiger partial charge in [0.15, 0.2) is 0 Å². The van der Waals surface area contributed by atoms with E-state index in [0.29, 0.717) is 0 Å². The van der Waals surface area contributed by atoms with Gasteiger partial charge in [-0.2, -0.15) is 0 Å². The van der Waals surface area contributed by atoms with Crippen LogP contribution in [0, 0.1) is 0 Å². The molecule has 0 aromatic rings. The Bertz CT molecular complexity index is 165. The zero-order valence-electron chi connectivity index (χ0n) is 9.55. The first-order valence-electron chi connectivity index (χ1n) is 5.45. The third-order valence-electron chi connectivity index (χ3n) is 3.10. The second-order valence-electron chi connectivity index (χ2n) is 4.73. The fourth-order valence-electron chi connectivity index (χ4n) is 1.65. The van der Waals surface area contributed by atoms with Gasteiger partial charge in [-0.25, -0.2) is 0 Å². The normalized spacial score (nSPS) is 21.4. The van der Waals surface area contributed by atoms with Crippen LogP contribution in [0.4, 0.5) is 0 Å². The molecule has 1 fully saturated rings. The summed E-state index contributed by atoms with van der Waals surface area (Å²) >= 11 is 3.67. The average molecular weight is 264 g/mol. The number of ether oxygens (including phenoxy) is 1. The van der Waals surface area contributed by atoms with Crippen LogP contribution in [-0.4, -0.2) is 42.1 Å². The first-order valence-corrected chi connectivity index (χ1v) is 6.36. The Kier molecular flexibility index (Phi) is 4.88. The summed E-state index contributed by atoms with van der Waals surface area (Å²) in [6.45, 7) is 7.94. The van der Waals surface area contributed by atoms with Crippen LogP contribution in [0.5, 0.6) is 0 Å². The maximum atomic E-state index is 5.41. The molecule has 3 heteroatoms. The summed E-state index contributed by atoms with van der Waals surface area (Å²) in [6, 6.07) is 0. The van der Waals surface area contributed by atoms with E-state index in [-0.39, 0.29) is 5.60 Å². The number of likely N-dealkylation sites (tertiary alicyclic amines) is 1. The lowest BCUT2D eigenvalue weighted by Crippen LogP contribution is -2.37. The van der Waals surface area contributed by atoms with E-state index in [1.54, 1.807) is 7.11 Å². The SMILES string of the molecule is COC(C)(C)CCN1CCC(Br)CC1. The highest BCUT2D eigenvalue weighted by Crippen LogP contribution is 2.19. The van der Waals surface area contributed by atoms with Gasteiger partial charge in [0.05, 0.1) is 5.60 Å². The predicted octanol–water partition coefficient (Wildman–Crippen LogP) is 2.66. The molecule has 0 spiro atoms. The summed E-state index contributed by atoms with van der Waals surface area (Å²) in [6.07, 6.45) is 3.69. The van der Waals surface area contributed by atoms with Gasteiger partial charge in [-0.05, 0) is 46.2 Å². The molecule has 0 N–H and O–H groups in total. The van der Waals surface area contributed by atoms with Gasteiger partial charge in [0.25, 0.3) is 0 Å². The minimum atomic E-state index is 0.0330. The molecule has 0 aromatic carbocycles. The minimum Gasteiger partial charge on any atom is -0.379 e. The van der Waals surface area contributed by atoms with Gasteiger partial charge in [-0.15, -0.1) is 0 Å². The second kappa shape index (κ2) is 5.47. The fraction of sp³-hybridized carbons (Fsp3) is 1.00. The molecule has 0 aromatic heterocycles. The number of nitrogens with zero attached hydrogens (tertiary/aromatic N) is 1. The zero-order valence-corrected chi connectivity index (χ0v) is 11.1. The van der Waals surface area contributed by atoms with Gasteiger partial charge in [0, 0.05) is 18.5 Å². The zero-order chi connectivity index (χ0) is 10.6. The molecule has 84 valence electrons. The first-order chi connectivity index (χ1) is 6.53. The Balaban J connectivity index is 2.19. The molecule has 2 nitrogen and oxygen atoms in total. The van der Waals surface area contributed by atoms with E-state index in [1.807, 2.05) is 0 Å². The van der Waals surface area contributed by atoms with E-state index in [9.17, 15) is 0 Å². The maximum Gasteiger partial charge on any atom is 0.0634 e. The lowest BCUT2D eigenvalue weighted by Gasteiger charge is -2.32. The Morgan fingerprint density at radius 1 is 1.36 bits per heavy atom. The third-order valence-corrected chi connectivity index (χ3v) is 4.02. The van der Waals surface area contributed by atoms with Crippen LogP contribution in [0.2, 0.25) is 0 Å². The first kappa shape index (κ1) is 12.5. The minimum absolute atomic E-state index is 0.0330. The van der Waals surface area contributed by atoms with E-state index in [2.05, 4.69) is 34.7 Å². The molecule has 0 unspecified atom stereocenters. The fourth-order valence-corrected chi connectivity index (χ4v) is 2.06. The second-order valence-corrected chi connectivity index (χ2v) is 6.03. The summed E-state index contributed by atoms with van der Waals surface area (Å²) in [7, 11) is 1.80. The summed E-state index contributed by atoms with van der Waals surface area (Å²) < 4.78 is 5.41. The van der Waals surface area contributed by atoms with Crippen molar-refractivity contribution in [3.63, 3.8) is 0 Å². The van der Waals surface area contributed by atoms with Crippen molar-refractivity contribution in [2.75, 3.05) is 26.7 Å². The Morgan fingerprint density at radius 3 is 2.43 bits per heavy atom. The van der Waals surface area contributed by atoms with Gasteiger partial charge in [-0.1, -0.05) is 15.9 Å². The summed E-state index contributed by atoms with van der Waals surface area (Å²) in [5, 5.41) is 0. The molecule has 1 aliphatic rings. The number of methoxy groups -OCH3 is 1. The van der Waals surface area contributed by atoms with Crippen molar-refractivity contribution in [3.05, 3.63) is 0 Å². The van der Waals surface area contributed by atoms with E-state index in [1.165, 1.54) is 32.5 Å². The molecule has 0 radical (unpaired) electrons. The topological polar surface area (TPSA) is 12.5 Å². The number of hydrogen-bond acceptors (Lipinski definition) is 2. The lowest BCUT2D eigenvalue weighted by molar-refractivity contribution is 0.00630. The molecule has 1 heterocycles. The molecule has 14 heavy (non-hydrogen) atoms. The average Bonchev–Trinajstić information content (AvgIpc) is 2.17. The Morgan fingerprint density at radius 2 is 1.93 bits per heavy atom. The molecular weight excluding hydrogens is 242 g/mol. The van der Waals surface area contributed by atoms with E-state index < -0.39 is 0 Å². The molecule has 0 bridgehead atoms. The number of alkyl halides is 1. The number of piperidine rings is 1. The van der Waals surface area contributed by atoms with Crippen LogP contribution in [0.25, 0.3) is 0 Å². The van der Waals surface area contributed by atoms with Crippen LogP contribution in [0.15, 0.2) is 0 Å². The number of hydrogen-bond donors (Lipinski definition) is 0. The monoisotopic (exact) mass is 263 g/mol. The molecule has 1 saturated heterocycles. The molecule has 0 aliphatic carbocycles. The maximum absolute atomic E-state index is 5.41. The van der Waals surface area contributed by atoms with Gasteiger partial charge < -0.3 is 9.64 Å². The number of rotatable bonds is 4. The highest BCUT2D eigenvalue weighted by molar-refractivity contribution is 9.09. The van der Waals surface area contributed by atoms with Gasteiger partial charge in [0.2, 0.25) is 0 Å². The van der Waals surface area contributed by atoms with Crippen molar-refractivity contribution < 1.29 is 4.74 Å². The van der Waals surface area contributed by atoms with Gasteiger partial charge in [0.1, 0.15) is 0 Å². The van der Waals surface area contributed by atoms with Crippen molar-refractivity contribution in [2.24, 2.45) is 0 Å². The van der Waals surface area contributed by atoms with Crippen LogP contribution in [0.1, 0.15) is 33.1 Å². The highest BCUT2D eigenvalue weighted by Gasteiger charge is 2.21. The Labute approximate surface area is 96.1 Å². The molecule has 1 aliphatic heterocycles. The summed E-state index contributed by atoms with van der Waals surface area (Å²) in [5.41, 5.74) is 0.0330. The van der Waals surface area contributed by atoms with Crippen molar-refractivity contribution in [1.29, 1.82) is 0 Å². The van der Waals surface area contributed by atoms with Crippen molar-refractivity contribution in [2.45, 2.75) is 43.5 Å². The molecular formula is C11H22BrNO. The molecule has 1 rings (SSSR count). The van der Waals surface area contributed by atoms with E-state index >= 15 is 0 Å². The van der Waals surface area contributed by atoms with Crippen LogP contribution in [-0.2, 0) is 4.74 Å². The number of halogens is 1. The van der Waals surface area contributed by atoms with Crippen molar-refractivity contribution >= 4 is 15.9 Å². The lowest BCUT2D eigenvalue weighted by atomic mass is 10.0. The summed E-state index contributed by atoms with van der Waals surface area (Å²) in [5.74, 6) is 0. The van der Waals surface area contributed by atoms with E-state index in [0.717, 1.165) is 11.2 Å². The van der Waals surface area contributed by atoms with Gasteiger partial charge in [-0.3, -0.25) is 0 Å². The molecule has 0 amide bonds. The summed E-state index contributed by atoms with van der Waals surface area (Å²) in [4.78, 5) is 3.28. The third kappa shape index (κ3) is 4.28. The van der Waals surface area contributed by atoms with Crippen molar-refractivity contribution in [1.82, 2.24) is 4.90 Å². The largest absolute Gasteiger partial charge is 0.379 e. The quantitative estimate of drug-likeness (QED) is 0.724. The van der Waals surface area contributed by atoms with Crippen LogP contribution >= 0.6 is 15.9 Å². The smallest absolute Gasteiger partial charge is 0.0634 e. The molecule has 0 atom stereocenters. The predicted molar refractivity (Wildman–Crippen MR) is 64.1 cm³/mol. The molecule has 0 saturated carbocycles. The van der Waals surface area contributed by atoms with Crippen LogP contribution in [0.3, 0.4) is 0 Å². The van der Waals surface area contributed by atoms with E-state index in [4.69, 9.17) is 4.74 Å². The van der Waals surface area contributed by atoms with Crippen LogP contribution < -0.4 is 0 Å². The highest BCUT2D eigenvalue weighted by atomic mass is 79.9.